The maximum absolute atomic E-state index is 12.1. The molecule has 0 N–H and O–H groups in total. The molecule has 0 aliphatic rings. The van der Waals surface area contributed by atoms with E-state index in [0.717, 1.165) is 11.4 Å². The molecule has 3 nitrogen and oxygen atoms in total. The topological polar surface area (TPSA) is 41.8 Å². The van der Waals surface area contributed by atoms with Gasteiger partial charge in [0.15, 0.2) is 5.78 Å². The molecule has 0 aliphatic heterocycles. The monoisotopic (exact) mass is 266 g/mol. The number of azo groups is 1. The maximum atomic E-state index is 12.1. The summed E-state index contributed by atoms with van der Waals surface area (Å²) in [5.41, 5.74) is 1.88. The molecule has 0 spiro atoms. The second kappa shape index (κ2) is 5.78. The fourth-order valence-corrected chi connectivity index (χ4v) is 1.72. The predicted octanol–water partition coefficient (Wildman–Crippen LogP) is 5.33. The third-order valence-corrected chi connectivity index (χ3v) is 2.85. The van der Waals surface area contributed by atoms with Crippen molar-refractivity contribution in [2.45, 2.75) is 20.8 Å². The fraction of sp³-hybridized carbons (Fsp3) is 0.235. The molecule has 0 bridgehead atoms. The quantitative estimate of drug-likeness (QED) is 0.546. The molecule has 2 rings (SSSR count). The first-order valence-electron chi connectivity index (χ1n) is 6.58. The highest BCUT2D eigenvalue weighted by atomic mass is 16.1. The van der Waals surface area contributed by atoms with Gasteiger partial charge in [0.1, 0.15) is 0 Å². The molecule has 0 unspecified atom stereocenters. The summed E-state index contributed by atoms with van der Waals surface area (Å²) in [6.07, 6.45) is 0. The van der Waals surface area contributed by atoms with Crippen molar-refractivity contribution >= 4 is 17.2 Å². The van der Waals surface area contributed by atoms with Crippen molar-refractivity contribution < 1.29 is 4.79 Å². The van der Waals surface area contributed by atoms with Crippen molar-refractivity contribution in [3.8, 4) is 0 Å². The van der Waals surface area contributed by atoms with Gasteiger partial charge in [0.2, 0.25) is 0 Å². The summed E-state index contributed by atoms with van der Waals surface area (Å²) in [6.45, 7) is 5.75. The Kier molecular flexibility index (Phi) is 4.08. The zero-order valence-electron chi connectivity index (χ0n) is 12.0. The molecule has 0 saturated heterocycles. The Balaban J connectivity index is 2.13. The van der Waals surface area contributed by atoms with Crippen molar-refractivity contribution in [1.82, 2.24) is 0 Å². The SMILES string of the molecule is CC(C)(C)C(=O)c1ccc(N=Nc2ccccc2)cc1. The summed E-state index contributed by atoms with van der Waals surface area (Å²) in [6, 6.07) is 16.8. The highest BCUT2D eigenvalue weighted by Crippen LogP contribution is 2.23. The van der Waals surface area contributed by atoms with Crippen LogP contribution in [0.1, 0.15) is 31.1 Å². The first-order chi connectivity index (χ1) is 9.47. The average molecular weight is 266 g/mol. The Hall–Kier alpha value is -2.29. The van der Waals surface area contributed by atoms with E-state index in [1.165, 1.54) is 0 Å². The Morgan fingerprint density at radius 3 is 1.80 bits per heavy atom. The van der Waals surface area contributed by atoms with Crippen LogP contribution in [0.4, 0.5) is 11.4 Å². The van der Waals surface area contributed by atoms with Gasteiger partial charge in [0.05, 0.1) is 11.4 Å². The summed E-state index contributed by atoms with van der Waals surface area (Å²) in [4.78, 5) is 12.1. The number of hydrogen-bond acceptors (Lipinski definition) is 3. The number of rotatable bonds is 3. The van der Waals surface area contributed by atoms with Crippen molar-refractivity contribution in [3.63, 3.8) is 0 Å². The Bertz CT molecular complexity index is 608. The summed E-state index contributed by atoms with van der Waals surface area (Å²) in [7, 11) is 0. The minimum absolute atomic E-state index is 0.129. The molecule has 3 heteroatoms. The van der Waals surface area contributed by atoms with Gasteiger partial charge >= 0.3 is 0 Å². The molecule has 0 heterocycles. The van der Waals surface area contributed by atoms with E-state index in [9.17, 15) is 4.79 Å². The van der Waals surface area contributed by atoms with Crippen LogP contribution in [0.15, 0.2) is 64.8 Å². The molecule has 2 aromatic carbocycles. The van der Waals surface area contributed by atoms with E-state index >= 15 is 0 Å². The van der Waals surface area contributed by atoms with Crippen molar-refractivity contribution in [2.24, 2.45) is 15.6 Å². The molecule has 2 aromatic rings. The normalized spacial score (nSPS) is 11.8. The molecule has 0 aromatic heterocycles. The number of hydrogen-bond donors (Lipinski definition) is 0. The summed E-state index contributed by atoms with van der Waals surface area (Å²) < 4.78 is 0. The van der Waals surface area contributed by atoms with Gasteiger partial charge in [-0.05, 0) is 36.4 Å². The van der Waals surface area contributed by atoms with Crippen LogP contribution in [0.3, 0.4) is 0 Å². The standard InChI is InChI=1S/C17H18N2O/c1-17(2,3)16(20)13-9-11-15(12-10-13)19-18-14-7-5-4-6-8-14/h4-12H,1-3H3. The van der Waals surface area contributed by atoms with Gasteiger partial charge in [-0.3, -0.25) is 4.79 Å². The van der Waals surface area contributed by atoms with Crippen LogP contribution < -0.4 is 0 Å². The van der Waals surface area contributed by atoms with Crippen molar-refractivity contribution in [1.29, 1.82) is 0 Å². The zero-order chi connectivity index (χ0) is 14.6. The summed E-state index contributed by atoms with van der Waals surface area (Å²) in [5.74, 6) is 0.129. The lowest BCUT2D eigenvalue weighted by molar-refractivity contribution is 0.0858. The Labute approximate surface area is 119 Å². The van der Waals surface area contributed by atoms with E-state index in [-0.39, 0.29) is 11.2 Å². The lowest BCUT2D eigenvalue weighted by Gasteiger charge is -2.16. The highest BCUT2D eigenvalue weighted by molar-refractivity contribution is 5.99. The van der Waals surface area contributed by atoms with E-state index < -0.39 is 0 Å². The van der Waals surface area contributed by atoms with Gasteiger partial charge in [0, 0.05) is 11.0 Å². The van der Waals surface area contributed by atoms with Crippen LogP contribution in [0.5, 0.6) is 0 Å². The summed E-state index contributed by atoms with van der Waals surface area (Å²) >= 11 is 0. The molecular formula is C17H18N2O. The molecule has 102 valence electrons. The highest BCUT2D eigenvalue weighted by Gasteiger charge is 2.22. The number of benzene rings is 2. The molecule has 0 aliphatic carbocycles. The molecule has 0 radical (unpaired) electrons. The number of Topliss-reactive ketones (excluding diaryl/α,β-unsaturated/α-hetero) is 1. The van der Waals surface area contributed by atoms with Gasteiger partial charge in [-0.25, -0.2) is 0 Å². The van der Waals surface area contributed by atoms with Crippen LogP contribution in [0, 0.1) is 5.41 Å². The Morgan fingerprint density at radius 2 is 1.30 bits per heavy atom. The smallest absolute Gasteiger partial charge is 0.168 e. The minimum atomic E-state index is -0.368. The third-order valence-electron chi connectivity index (χ3n) is 2.85. The Morgan fingerprint density at radius 1 is 0.800 bits per heavy atom. The van der Waals surface area contributed by atoms with Crippen molar-refractivity contribution in [3.05, 3.63) is 60.2 Å². The van der Waals surface area contributed by atoms with Crippen LogP contribution in [0.25, 0.3) is 0 Å². The second-order valence-electron chi connectivity index (χ2n) is 5.66. The number of ketones is 1. The van der Waals surface area contributed by atoms with Crippen molar-refractivity contribution in [2.75, 3.05) is 0 Å². The molecular weight excluding hydrogens is 248 g/mol. The first kappa shape index (κ1) is 14.1. The molecule has 0 amide bonds. The van der Waals surface area contributed by atoms with Gasteiger partial charge < -0.3 is 0 Å². The molecule has 0 fully saturated rings. The fourth-order valence-electron chi connectivity index (χ4n) is 1.72. The van der Waals surface area contributed by atoms with E-state index in [1.807, 2.05) is 63.2 Å². The van der Waals surface area contributed by atoms with Gasteiger partial charge in [-0.2, -0.15) is 10.2 Å². The number of carbonyl (C=O) groups is 1. The lowest BCUT2D eigenvalue weighted by Crippen LogP contribution is -2.19. The molecule has 0 atom stereocenters. The molecule has 20 heavy (non-hydrogen) atoms. The van der Waals surface area contributed by atoms with Crippen LogP contribution in [-0.4, -0.2) is 5.78 Å². The predicted molar refractivity (Wildman–Crippen MR) is 80.8 cm³/mol. The minimum Gasteiger partial charge on any atom is -0.294 e. The average Bonchev–Trinajstić information content (AvgIpc) is 2.45. The van der Waals surface area contributed by atoms with Gasteiger partial charge in [-0.1, -0.05) is 39.0 Å². The van der Waals surface area contributed by atoms with E-state index in [2.05, 4.69) is 10.2 Å². The maximum Gasteiger partial charge on any atom is 0.168 e. The van der Waals surface area contributed by atoms with Crippen LogP contribution in [0.2, 0.25) is 0 Å². The van der Waals surface area contributed by atoms with E-state index in [0.29, 0.717) is 5.56 Å². The van der Waals surface area contributed by atoms with Gasteiger partial charge in [-0.15, -0.1) is 0 Å². The second-order valence-corrected chi connectivity index (χ2v) is 5.66. The largest absolute Gasteiger partial charge is 0.294 e. The summed E-state index contributed by atoms with van der Waals surface area (Å²) in [5, 5.41) is 8.29. The van der Waals surface area contributed by atoms with E-state index in [4.69, 9.17) is 0 Å². The lowest BCUT2D eigenvalue weighted by atomic mass is 9.86. The third kappa shape index (κ3) is 3.60. The number of carbonyl (C=O) groups excluding carboxylic acids is 1. The van der Waals surface area contributed by atoms with E-state index in [1.54, 1.807) is 12.1 Å². The molecule has 0 saturated carbocycles. The zero-order valence-corrected chi connectivity index (χ0v) is 12.0. The van der Waals surface area contributed by atoms with Crippen LogP contribution in [-0.2, 0) is 0 Å². The van der Waals surface area contributed by atoms with Gasteiger partial charge in [0.25, 0.3) is 0 Å². The first-order valence-corrected chi connectivity index (χ1v) is 6.58. The van der Waals surface area contributed by atoms with Crippen LogP contribution >= 0.6 is 0 Å². The number of nitrogens with zero attached hydrogens (tertiary/aromatic N) is 2.